The minimum atomic E-state index is 0.681. The Labute approximate surface area is 107 Å². The highest BCUT2D eigenvalue weighted by atomic mass is 16.5. The lowest BCUT2D eigenvalue weighted by Crippen LogP contribution is -2.13. The summed E-state index contributed by atoms with van der Waals surface area (Å²) in [6.07, 6.45) is 2.53. The molecule has 1 heterocycles. The molecular weight excluding hydrogens is 228 g/mol. The molecule has 5 nitrogen and oxygen atoms in total. The number of ether oxygens (including phenoxy) is 1. The van der Waals surface area contributed by atoms with Gasteiger partial charge in [-0.3, -0.25) is 5.10 Å². The second-order valence-corrected chi connectivity index (χ2v) is 4.03. The number of nitrogens with zero attached hydrogens (tertiary/aromatic N) is 2. The van der Waals surface area contributed by atoms with Crippen LogP contribution in [0.5, 0.6) is 5.75 Å². The van der Waals surface area contributed by atoms with Gasteiger partial charge < -0.3 is 10.1 Å². The van der Waals surface area contributed by atoms with E-state index in [2.05, 4.69) is 39.6 Å². The molecule has 2 aromatic rings. The van der Waals surface area contributed by atoms with Crippen molar-refractivity contribution in [1.82, 2.24) is 20.5 Å². The van der Waals surface area contributed by atoms with E-state index in [1.165, 1.54) is 11.9 Å². The van der Waals surface area contributed by atoms with Crippen LogP contribution >= 0.6 is 0 Å². The average Bonchev–Trinajstić information content (AvgIpc) is 2.90. The average molecular weight is 246 g/mol. The van der Waals surface area contributed by atoms with E-state index in [9.17, 15) is 0 Å². The van der Waals surface area contributed by atoms with Gasteiger partial charge in [-0.2, -0.15) is 5.10 Å². The lowest BCUT2D eigenvalue weighted by Gasteiger charge is -2.07. The van der Waals surface area contributed by atoms with Crippen LogP contribution in [0.15, 0.2) is 30.6 Å². The SMILES string of the molecule is CCCOc1cccc(CNCc2ncn[nH]2)c1. The number of rotatable bonds is 7. The molecule has 0 aliphatic carbocycles. The van der Waals surface area contributed by atoms with Crippen molar-refractivity contribution < 1.29 is 4.74 Å². The smallest absolute Gasteiger partial charge is 0.138 e. The van der Waals surface area contributed by atoms with Crippen LogP contribution in [0.1, 0.15) is 24.7 Å². The fourth-order valence-corrected chi connectivity index (χ4v) is 1.61. The maximum absolute atomic E-state index is 5.59. The molecule has 2 N–H and O–H groups in total. The van der Waals surface area contributed by atoms with E-state index in [1.54, 1.807) is 0 Å². The van der Waals surface area contributed by atoms with Crippen LogP contribution in [0.4, 0.5) is 0 Å². The zero-order valence-electron chi connectivity index (χ0n) is 10.5. The number of aromatic nitrogens is 3. The molecule has 5 heteroatoms. The van der Waals surface area contributed by atoms with Crippen molar-refractivity contribution in [2.45, 2.75) is 26.4 Å². The predicted molar refractivity (Wildman–Crippen MR) is 69.2 cm³/mol. The number of nitrogens with one attached hydrogen (secondary N) is 2. The van der Waals surface area contributed by atoms with Crippen LogP contribution in [0, 0.1) is 0 Å². The molecule has 18 heavy (non-hydrogen) atoms. The number of benzene rings is 1. The van der Waals surface area contributed by atoms with Gasteiger partial charge in [0.15, 0.2) is 0 Å². The Hall–Kier alpha value is -1.88. The summed E-state index contributed by atoms with van der Waals surface area (Å²) in [6.45, 7) is 4.32. The van der Waals surface area contributed by atoms with Crippen LogP contribution in [0.3, 0.4) is 0 Å². The Morgan fingerprint density at radius 1 is 1.33 bits per heavy atom. The van der Waals surface area contributed by atoms with Crippen molar-refractivity contribution in [3.8, 4) is 5.75 Å². The number of aromatic amines is 1. The van der Waals surface area contributed by atoms with Crippen molar-refractivity contribution in [2.75, 3.05) is 6.61 Å². The quantitative estimate of drug-likeness (QED) is 0.783. The predicted octanol–water partition coefficient (Wildman–Crippen LogP) is 1.88. The van der Waals surface area contributed by atoms with E-state index in [4.69, 9.17) is 4.74 Å². The lowest BCUT2D eigenvalue weighted by molar-refractivity contribution is 0.317. The van der Waals surface area contributed by atoms with Gasteiger partial charge in [-0.15, -0.1) is 0 Å². The molecule has 0 aliphatic rings. The Balaban J connectivity index is 1.81. The van der Waals surface area contributed by atoms with Crippen LogP contribution in [0.25, 0.3) is 0 Å². The molecule has 0 saturated carbocycles. The van der Waals surface area contributed by atoms with Gasteiger partial charge in [0.2, 0.25) is 0 Å². The first-order chi connectivity index (χ1) is 8.88. The summed E-state index contributed by atoms with van der Waals surface area (Å²) in [5, 5.41) is 9.91. The fraction of sp³-hybridized carbons (Fsp3) is 0.385. The first-order valence-corrected chi connectivity index (χ1v) is 6.15. The standard InChI is InChI=1S/C13H18N4O/c1-2-6-18-12-5-3-4-11(7-12)8-14-9-13-15-10-16-17-13/h3-5,7,10,14H,2,6,8-9H2,1H3,(H,15,16,17). The maximum atomic E-state index is 5.59. The summed E-state index contributed by atoms with van der Waals surface area (Å²) in [5.74, 6) is 1.77. The summed E-state index contributed by atoms with van der Waals surface area (Å²) in [6, 6.07) is 8.13. The molecule has 0 aliphatic heterocycles. The summed E-state index contributed by atoms with van der Waals surface area (Å²) in [7, 11) is 0. The molecule has 0 saturated heterocycles. The minimum Gasteiger partial charge on any atom is -0.494 e. The Kier molecular flexibility index (Phi) is 4.72. The summed E-state index contributed by atoms with van der Waals surface area (Å²) in [4.78, 5) is 4.05. The Bertz CT molecular complexity index is 456. The van der Waals surface area contributed by atoms with E-state index >= 15 is 0 Å². The molecule has 0 fully saturated rings. The first kappa shape index (κ1) is 12.6. The third kappa shape index (κ3) is 3.85. The minimum absolute atomic E-state index is 0.681. The number of hydrogen-bond acceptors (Lipinski definition) is 4. The topological polar surface area (TPSA) is 62.8 Å². The molecule has 1 aromatic carbocycles. The van der Waals surface area contributed by atoms with Gasteiger partial charge in [-0.05, 0) is 24.1 Å². The zero-order valence-corrected chi connectivity index (χ0v) is 10.5. The second-order valence-electron chi connectivity index (χ2n) is 4.03. The van der Waals surface area contributed by atoms with Crippen LogP contribution in [0.2, 0.25) is 0 Å². The van der Waals surface area contributed by atoms with E-state index in [0.717, 1.165) is 31.1 Å². The highest BCUT2D eigenvalue weighted by Crippen LogP contribution is 2.13. The van der Waals surface area contributed by atoms with Gasteiger partial charge in [0.1, 0.15) is 17.9 Å². The molecular formula is C13H18N4O. The van der Waals surface area contributed by atoms with Gasteiger partial charge in [0.25, 0.3) is 0 Å². The molecule has 96 valence electrons. The molecule has 0 bridgehead atoms. The third-order valence-corrected chi connectivity index (χ3v) is 2.46. The second kappa shape index (κ2) is 6.76. The van der Waals surface area contributed by atoms with Gasteiger partial charge in [-0.25, -0.2) is 4.98 Å². The van der Waals surface area contributed by atoms with Gasteiger partial charge in [0, 0.05) is 6.54 Å². The fourth-order valence-electron chi connectivity index (χ4n) is 1.61. The summed E-state index contributed by atoms with van der Waals surface area (Å²) >= 11 is 0. The molecule has 0 atom stereocenters. The molecule has 0 unspecified atom stereocenters. The molecule has 1 aromatic heterocycles. The van der Waals surface area contributed by atoms with Crippen molar-refractivity contribution in [1.29, 1.82) is 0 Å². The van der Waals surface area contributed by atoms with E-state index in [-0.39, 0.29) is 0 Å². The van der Waals surface area contributed by atoms with Gasteiger partial charge in [0.05, 0.1) is 13.2 Å². The van der Waals surface area contributed by atoms with Gasteiger partial charge >= 0.3 is 0 Å². The van der Waals surface area contributed by atoms with E-state index < -0.39 is 0 Å². The molecule has 2 rings (SSSR count). The van der Waals surface area contributed by atoms with Crippen LogP contribution < -0.4 is 10.1 Å². The maximum Gasteiger partial charge on any atom is 0.138 e. The largest absolute Gasteiger partial charge is 0.494 e. The number of hydrogen-bond donors (Lipinski definition) is 2. The molecule has 0 radical (unpaired) electrons. The normalized spacial score (nSPS) is 10.5. The van der Waals surface area contributed by atoms with Crippen molar-refractivity contribution in [3.63, 3.8) is 0 Å². The zero-order chi connectivity index (χ0) is 12.6. The van der Waals surface area contributed by atoms with Gasteiger partial charge in [-0.1, -0.05) is 19.1 Å². The van der Waals surface area contributed by atoms with Crippen molar-refractivity contribution in [3.05, 3.63) is 42.0 Å². The summed E-state index contributed by atoms with van der Waals surface area (Å²) in [5.41, 5.74) is 1.20. The first-order valence-electron chi connectivity index (χ1n) is 6.15. The molecule has 0 amide bonds. The van der Waals surface area contributed by atoms with Crippen LogP contribution in [-0.2, 0) is 13.1 Å². The lowest BCUT2D eigenvalue weighted by atomic mass is 10.2. The van der Waals surface area contributed by atoms with Crippen molar-refractivity contribution in [2.24, 2.45) is 0 Å². The Morgan fingerprint density at radius 3 is 3.06 bits per heavy atom. The monoisotopic (exact) mass is 246 g/mol. The third-order valence-electron chi connectivity index (χ3n) is 2.46. The van der Waals surface area contributed by atoms with Crippen LogP contribution in [-0.4, -0.2) is 21.8 Å². The Morgan fingerprint density at radius 2 is 2.28 bits per heavy atom. The highest BCUT2D eigenvalue weighted by molar-refractivity contribution is 5.28. The summed E-state index contributed by atoms with van der Waals surface area (Å²) < 4.78 is 5.59. The number of H-pyrrole nitrogens is 1. The van der Waals surface area contributed by atoms with Crippen molar-refractivity contribution >= 4 is 0 Å². The van der Waals surface area contributed by atoms with E-state index in [0.29, 0.717) is 6.54 Å². The van der Waals surface area contributed by atoms with E-state index in [1.807, 2.05) is 12.1 Å². The molecule has 0 spiro atoms. The highest BCUT2D eigenvalue weighted by Gasteiger charge is 1.98.